The van der Waals surface area contributed by atoms with Gasteiger partial charge >= 0.3 is 0 Å². The molecule has 116 valence electrons. The molecule has 1 N–H and O–H groups in total. The van der Waals surface area contributed by atoms with E-state index < -0.39 is 0 Å². The molecule has 0 radical (unpaired) electrons. The average molecular weight is 277 g/mol. The van der Waals surface area contributed by atoms with Crippen LogP contribution < -0.4 is 5.32 Å². The Hall–Kier alpha value is -0.300. The first-order valence-corrected chi connectivity index (χ1v) is 9.27. The van der Waals surface area contributed by atoms with E-state index in [1.165, 1.54) is 77.2 Å². The Kier molecular flexibility index (Phi) is 7.13. The normalized spacial score (nSPS) is 28.4. The zero-order valence-electron chi connectivity index (χ0n) is 13.8. The molecular formula is C19H35N. The van der Waals surface area contributed by atoms with Crippen LogP contribution in [-0.2, 0) is 0 Å². The molecule has 0 aromatic rings. The Labute approximate surface area is 126 Å². The first-order valence-electron chi connectivity index (χ1n) is 9.27. The van der Waals surface area contributed by atoms with E-state index in [1.807, 2.05) is 0 Å². The number of nitrogens with one attached hydrogen (secondary N) is 1. The highest BCUT2D eigenvalue weighted by atomic mass is 14.9. The van der Waals surface area contributed by atoms with Gasteiger partial charge in [-0.15, -0.1) is 0 Å². The van der Waals surface area contributed by atoms with Gasteiger partial charge in [-0.1, -0.05) is 57.6 Å². The lowest BCUT2D eigenvalue weighted by Gasteiger charge is -2.35. The van der Waals surface area contributed by atoms with Gasteiger partial charge in [-0.2, -0.15) is 0 Å². The number of hydrogen-bond donors (Lipinski definition) is 1. The molecule has 0 aromatic carbocycles. The molecule has 0 heterocycles. The Balaban J connectivity index is 1.83. The van der Waals surface area contributed by atoms with Gasteiger partial charge in [-0.3, -0.25) is 0 Å². The van der Waals surface area contributed by atoms with E-state index in [0.29, 0.717) is 6.04 Å². The Morgan fingerprint density at radius 2 is 1.95 bits per heavy atom. The summed E-state index contributed by atoms with van der Waals surface area (Å²) in [5.41, 5.74) is 1.75. The van der Waals surface area contributed by atoms with Gasteiger partial charge in [0.15, 0.2) is 0 Å². The van der Waals surface area contributed by atoms with Crippen molar-refractivity contribution >= 4 is 0 Å². The van der Waals surface area contributed by atoms with Crippen molar-refractivity contribution in [3.63, 3.8) is 0 Å². The zero-order valence-corrected chi connectivity index (χ0v) is 13.8. The summed E-state index contributed by atoms with van der Waals surface area (Å²) in [7, 11) is 0. The number of rotatable bonds is 8. The van der Waals surface area contributed by atoms with Crippen molar-refractivity contribution in [2.75, 3.05) is 6.54 Å². The van der Waals surface area contributed by atoms with Crippen molar-refractivity contribution in [3.05, 3.63) is 11.6 Å². The molecular weight excluding hydrogens is 242 g/mol. The number of allylic oxidation sites excluding steroid dienone is 1. The predicted molar refractivity (Wildman–Crippen MR) is 89.0 cm³/mol. The SMILES string of the molecule is CCCCC1CCC(C(NCCC)C2=CCCC2)CC1. The Bertz CT molecular complexity index is 286. The fourth-order valence-electron chi connectivity index (χ4n) is 4.18. The van der Waals surface area contributed by atoms with Crippen LogP contribution in [0.3, 0.4) is 0 Å². The largest absolute Gasteiger partial charge is 0.310 e. The molecule has 2 aliphatic rings. The van der Waals surface area contributed by atoms with Gasteiger partial charge in [0.05, 0.1) is 0 Å². The molecule has 1 atom stereocenters. The molecule has 2 aliphatic carbocycles. The molecule has 1 heteroatoms. The minimum atomic E-state index is 0.713. The fourth-order valence-corrected chi connectivity index (χ4v) is 4.18. The second-order valence-electron chi connectivity index (χ2n) is 7.03. The maximum Gasteiger partial charge on any atom is 0.0307 e. The molecule has 1 nitrogen and oxygen atoms in total. The summed E-state index contributed by atoms with van der Waals surface area (Å²) in [6.45, 7) is 5.80. The summed E-state index contributed by atoms with van der Waals surface area (Å²) in [5, 5.41) is 3.87. The third-order valence-electron chi connectivity index (χ3n) is 5.42. The van der Waals surface area contributed by atoms with E-state index in [0.717, 1.165) is 11.8 Å². The highest BCUT2D eigenvalue weighted by molar-refractivity contribution is 5.17. The van der Waals surface area contributed by atoms with Gasteiger partial charge in [0.2, 0.25) is 0 Å². The topological polar surface area (TPSA) is 12.0 Å². The van der Waals surface area contributed by atoms with Gasteiger partial charge in [0.1, 0.15) is 0 Å². The van der Waals surface area contributed by atoms with Crippen molar-refractivity contribution < 1.29 is 0 Å². The van der Waals surface area contributed by atoms with Crippen LogP contribution in [0.2, 0.25) is 0 Å². The maximum atomic E-state index is 3.87. The van der Waals surface area contributed by atoms with E-state index in [-0.39, 0.29) is 0 Å². The van der Waals surface area contributed by atoms with E-state index in [4.69, 9.17) is 0 Å². The van der Waals surface area contributed by atoms with E-state index in [2.05, 4.69) is 25.2 Å². The van der Waals surface area contributed by atoms with Crippen molar-refractivity contribution in [3.8, 4) is 0 Å². The van der Waals surface area contributed by atoms with Gasteiger partial charge in [0, 0.05) is 6.04 Å². The molecule has 0 spiro atoms. The average Bonchev–Trinajstić information content (AvgIpc) is 3.01. The quantitative estimate of drug-likeness (QED) is 0.581. The number of unbranched alkanes of at least 4 members (excludes halogenated alkanes) is 1. The maximum absolute atomic E-state index is 3.87. The third kappa shape index (κ3) is 4.62. The van der Waals surface area contributed by atoms with Crippen LogP contribution in [0.5, 0.6) is 0 Å². The highest BCUT2D eigenvalue weighted by Gasteiger charge is 2.29. The van der Waals surface area contributed by atoms with Crippen LogP contribution in [0.1, 0.15) is 84.5 Å². The molecule has 0 aliphatic heterocycles. The Morgan fingerprint density at radius 3 is 2.55 bits per heavy atom. The predicted octanol–water partition coefficient (Wildman–Crippen LogP) is 5.46. The van der Waals surface area contributed by atoms with Crippen molar-refractivity contribution in [1.29, 1.82) is 0 Å². The summed E-state index contributed by atoms with van der Waals surface area (Å²) < 4.78 is 0. The summed E-state index contributed by atoms with van der Waals surface area (Å²) >= 11 is 0. The molecule has 0 saturated heterocycles. The molecule has 20 heavy (non-hydrogen) atoms. The second kappa shape index (κ2) is 8.87. The van der Waals surface area contributed by atoms with Crippen molar-refractivity contribution in [2.24, 2.45) is 11.8 Å². The smallest absolute Gasteiger partial charge is 0.0307 e. The summed E-state index contributed by atoms with van der Waals surface area (Å²) in [6.07, 6.45) is 18.1. The number of hydrogen-bond acceptors (Lipinski definition) is 1. The zero-order chi connectivity index (χ0) is 14.2. The van der Waals surface area contributed by atoms with Gasteiger partial charge in [0.25, 0.3) is 0 Å². The van der Waals surface area contributed by atoms with E-state index >= 15 is 0 Å². The second-order valence-corrected chi connectivity index (χ2v) is 7.03. The van der Waals surface area contributed by atoms with Gasteiger partial charge < -0.3 is 5.32 Å². The van der Waals surface area contributed by atoms with Crippen LogP contribution >= 0.6 is 0 Å². The van der Waals surface area contributed by atoms with Gasteiger partial charge in [-0.25, -0.2) is 0 Å². The van der Waals surface area contributed by atoms with Crippen molar-refractivity contribution in [1.82, 2.24) is 5.32 Å². The van der Waals surface area contributed by atoms with Crippen LogP contribution in [0.25, 0.3) is 0 Å². The molecule has 0 aromatic heterocycles. The van der Waals surface area contributed by atoms with Crippen molar-refractivity contribution in [2.45, 2.75) is 90.5 Å². The van der Waals surface area contributed by atoms with Crippen LogP contribution in [0, 0.1) is 11.8 Å². The lowest BCUT2D eigenvalue weighted by molar-refractivity contribution is 0.225. The standard InChI is InChI=1S/C19H35N/c1-3-5-8-16-11-13-18(14-12-16)19(20-15-4-2)17-9-6-7-10-17/h9,16,18-20H,3-8,10-15H2,1-2H3. The highest BCUT2D eigenvalue weighted by Crippen LogP contribution is 2.37. The first-order chi connectivity index (χ1) is 9.85. The van der Waals surface area contributed by atoms with E-state index in [9.17, 15) is 0 Å². The monoisotopic (exact) mass is 277 g/mol. The summed E-state index contributed by atoms with van der Waals surface area (Å²) in [5.74, 6) is 1.96. The molecule has 2 rings (SSSR count). The summed E-state index contributed by atoms with van der Waals surface area (Å²) in [4.78, 5) is 0. The van der Waals surface area contributed by atoms with E-state index in [1.54, 1.807) is 5.57 Å². The van der Waals surface area contributed by atoms with Crippen LogP contribution in [0.15, 0.2) is 11.6 Å². The molecule has 1 unspecified atom stereocenters. The molecule has 1 saturated carbocycles. The fraction of sp³-hybridized carbons (Fsp3) is 0.895. The lowest BCUT2D eigenvalue weighted by Crippen LogP contribution is -2.39. The van der Waals surface area contributed by atoms with Crippen LogP contribution in [0.4, 0.5) is 0 Å². The lowest BCUT2D eigenvalue weighted by atomic mass is 9.75. The Morgan fingerprint density at radius 1 is 1.15 bits per heavy atom. The minimum Gasteiger partial charge on any atom is -0.310 e. The minimum absolute atomic E-state index is 0.713. The molecule has 0 amide bonds. The third-order valence-corrected chi connectivity index (χ3v) is 5.42. The molecule has 0 bridgehead atoms. The first kappa shape index (κ1) is 16.1. The molecule has 1 fully saturated rings. The van der Waals surface area contributed by atoms with Gasteiger partial charge in [-0.05, 0) is 56.9 Å². The van der Waals surface area contributed by atoms with Crippen LogP contribution in [-0.4, -0.2) is 12.6 Å². The summed E-state index contributed by atoms with van der Waals surface area (Å²) in [6, 6.07) is 0.713.